The van der Waals surface area contributed by atoms with Crippen molar-refractivity contribution in [3.63, 3.8) is 0 Å². The van der Waals surface area contributed by atoms with Gasteiger partial charge in [-0.3, -0.25) is 10.1 Å². The summed E-state index contributed by atoms with van der Waals surface area (Å²) < 4.78 is 44.8. The van der Waals surface area contributed by atoms with Crippen LogP contribution in [0.5, 0.6) is 0 Å². The zero-order valence-corrected chi connectivity index (χ0v) is 12.2. The van der Waals surface area contributed by atoms with Crippen molar-refractivity contribution in [2.75, 3.05) is 6.61 Å². The van der Waals surface area contributed by atoms with Crippen LogP contribution in [0.2, 0.25) is 0 Å². The molecule has 0 radical (unpaired) electrons. The van der Waals surface area contributed by atoms with Crippen molar-refractivity contribution >= 4 is 11.9 Å². The number of nitrogens with one attached hydrogen (secondary N) is 2. The van der Waals surface area contributed by atoms with Gasteiger partial charge < -0.3 is 10.1 Å². The summed E-state index contributed by atoms with van der Waals surface area (Å²) in [5.41, 5.74) is -2.77. The maximum Gasteiger partial charge on any atom is 0.436 e. The van der Waals surface area contributed by atoms with Crippen molar-refractivity contribution in [1.82, 2.24) is 10.6 Å². The molecule has 1 aromatic carbocycles. The Bertz CT molecular complexity index is 520. The van der Waals surface area contributed by atoms with E-state index >= 15 is 0 Å². The monoisotopic (exact) mass is 318 g/mol. The van der Waals surface area contributed by atoms with Gasteiger partial charge in [-0.2, -0.15) is 13.2 Å². The number of esters is 1. The van der Waals surface area contributed by atoms with Crippen LogP contribution in [-0.4, -0.2) is 30.3 Å². The highest BCUT2D eigenvalue weighted by molar-refractivity contribution is 5.87. The van der Waals surface area contributed by atoms with Gasteiger partial charge in [0, 0.05) is 13.5 Å². The summed E-state index contributed by atoms with van der Waals surface area (Å²) >= 11 is 0. The van der Waals surface area contributed by atoms with Gasteiger partial charge in [0.15, 0.2) is 0 Å². The maximum absolute atomic E-state index is 13.4. The van der Waals surface area contributed by atoms with Crippen molar-refractivity contribution in [3.8, 4) is 0 Å². The molecular formula is C14H17F3N2O3. The molecule has 0 saturated heterocycles. The Morgan fingerprint density at radius 3 is 2.23 bits per heavy atom. The van der Waals surface area contributed by atoms with E-state index in [9.17, 15) is 22.8 Å². The molecule has 2 N–H and O–H groups in total. The number of hydrogen-bond donors (Lipinski definition) is 2. The fraction of sp³-hybridized carbons (Fsp3) is 0.429. The molecule has 22 heavy (non-hydrogen) atoms. The minimum absolute atomic E-state index is 0.247. The Morgan fingerprint density at radius 2 is 1.77 bits per heavy atom. The molecule has 0 fully saturated rings. The molecule has 0 bridgehead atoms. The Balaban J connectivity index is 3.11. The molecule has 1 atom stereocenters. The summed E-state index contributed by atoms with van der Waals surface area (Å²) in [4.78, 5) is 23.0. The average Bonchev–Trinajstić information content (AvgIpc) is 2.43. The van der Waals surface area contributed by atoms with Crippen molar-refractivity contribution in [1.29, 1.82) is 0 Å². The first-order valence-electron chi connectivity index (χ1n) is 6.54. The summed E-state index contributed by atoms with van der Waals surface area (Å²) in [7, 11) is 0. The van der Waals surface area contributed by atoms with Crippen molar-refractivity contribution < 1.29 is 27.5 Å². The van der Waals surface area contributed by atoms with E-state index in [1.807, 2.05) is 0 Å². The number of halogens is 3. The number of ether oxygens (including phenoxy) is 1. The topological polar surface area (TPSA) is 67.4 Å². The highest BCUT2D eigenvalue weighted by atomic mass is 19.4. The van der Waals surface area contributed by atoms with Crippen LogP contribution in [0.15, 0.2) is 30.3 Å². The molecule has 1 rings (SSSR count). The van der Waals surface area contributed by atoms with Gasteiger partial charge in [0.1, 0.15) is 0 Å². The first kappa shape index (κ1) is 18.0. The number of alkyl halides is 3. The second-order valence-electron chi connectivity index (χ2n) is 4.49. The molecule has 0 aliphatic rings. The van der Waals surface area contributed by atoms with E-state index in [2.05, 4.69) is 10.1 Å². The van der Waals surface area contributed by atoms with E-state index in [0.29, 0.717) is 5.56 Å². The largest absolute Gasteiger partial charge is 0.463 e. The van der Waals surface area contributed by atoms with E-state index in [1.165, 1.54) is 6.92 Å². The van der Waals surface area contributed by atoms with Crippen molar-refractivity contribution in [2.45, 2.75) is 32.2 Å². The lowest BCUT2D eigenvalue weighted by Gasteiger charge is -2.34. The molecule has 0 aromatic heterocycles. The number of carbonyl (C=O) groups excluding carboxylic acids is 2. The lowest BCUT2D eigenvalue weighted by atomic mass is 10.1. The number of carbonyl (C=O) groups is 2. The second kappa shape index (κ2) is 7.26. The normalized spacial score (nSPS) is 14.0. The highest BCUT2D eigenvalue weighted by Gasteiger charge is 2.62. The van der Waals surface area contributed by atoms with Crippen LogP contribution >= 0.6 is 0 Å². The van der Waals surface area contributed by atoms with E-state index in [1.54, 1.807) is 35.6 Å². The van der Waals surface area contributed by atoms with Gasteiger partial charge in [-0.1, -0.05) is 30.3 Å². The van der Waals surface area contributed by atoms with Crippen LogP contribution in [0.3, 0.4) is 0 Å². The quantitative estimate of drug-likeness (QED) is 0.619. The Kier molecular flexibility index (Phi) is 5.92. The smallest absolute Gasteiger partial charge is 0.436 e. The third-order valence-corrected chi connectivity index (χ3v) is 2.77. The molecule has 8 heteroatoms. The summed E-state index contributed by atoms with van der Waals surface area (Å²) in [6.45, 7) is 1.75. The van der Waals surface area contributed by atoms with Gasteiger partial charge in [0.25, 0.3) is 5.66 Å². The van der Waals surface area contributed by atoms with Gasteiger partial charge in [-0.15, -0.1) is 0 Å². The first-order valence-corrected chi connectivity index (χ1v) is 6.54. The van der Waals surface area contributed by atoms with E-state index < -0.39 is 23.7 Å². The van der Waals surface area contributed by atoms with Crippen LogP contribution in [0, 0.1) is 0 Å². The maximum atomic E-state index is 13.4. The lowest BCUT2D eigenvalue weighted by Crippen LogP contribution is -2.72. The number of hydrogen-bond acceptors (Lipinski definition) is 4. The predicted octanol–water partition coefficient (Wildman–Crippen LogP) is 1.73. The summed E-state index contributed by atoms with van der Waals surface area (Å²) in [6.07, 6.45) is -5.07. The molecule has 0 aliphatic heterocycles. The molecular weight excluding hydrogens is 301 g/mol. The molecule has 1 amide bonds. The summed E-state index contributed by atoms with van der Waals surface area (Å²) in [5.74, 6) is -2.61. The predicted molar refractivity (Wildman–Crippen MR) is 72.5 cm³/mol. The van der Waals surface area contributed by atoms with Crippen LogP contribution in [-0.2, 0) is 20.9 Å². The van der Waals surface area contributed by atoms with E-state index in [0.717, 1.165) is 6.92 Å². The van der Waals surface area contributed by atoms with Gasteiger partial charge in [0.05, 0.1) is 6.61 Å². The lowest BCUT2D eigenvalue weighted by molar-refractivity contribution is -0.221. The van der Waals surface area contributed by atoms with Gasteiger partial charge in [0.2, 0.25) is 5.91 Å². The minimum atomic E-state index is -5.07. The molecule has 0 spiro atoms. The van der Waals surface area contributed by atoms with Gasteiger partial charge >= 0.3 is 12.1 Å². The van der Waals surface area contributed by atoms with Crippen molar-refractivity contribution in [2.24, 2.45) is 0 Å². The van der Waals surface area contributed by atoms with Crippen LogP contribution in [0.1, 0.15) is 19.4 Å². The zero-order valence-electron chi connectivity index (χ0n) is 12.2. The molecule has 1 aromatic rings. The number of amides is 1. The third kappa shape index (κ3) is 4.20. The van der Waals surface area contributed by atoms with Crippen LogP contribution < -0.4 is 10.6 Å². The minimum Gasteiger partial charge on any atom is -0.463 e. The Morgan fingerprint density at radius 1 is 1.18 bits per heavy atom. The number of rotatable bonds is 6. The van der Waals surface area contributed by atoms with E-state index in [4.69, 9.17) is 0 Å². The molecule has 122 valence electrons. The summed E-state index contributed by atoms with van der Waals surface area (Å²) in [5, 5.41) is 3.71. The van der Waals surface area contributed by atoms with Crippen LogP contribution in [0.4, 0.5) is 13.2 Å². The fourth-order valence-electron chi connectivity index (χ4n) is 1.79. The molecule has 0 saturated carbocycles. The first-order chi connectivity index (χ1) is 10.2. The zero-order chi connectivity index (χ0) is 16.8. The molecule has 0 aliphatic carbocycles. The fourth-order valence-corrected chi connectivity index (χ4v) is 1.79. The standard InChI is InChI=1S/C14H17F3N2O3/c1-3-22-12(21)13(14(15,16)17,19-10(2)20)18-9-11-7-5-4-6-8-11/h4-8,18H,3,9H2,1-2H3,(H,19,20). The second-order valence-corrected chi connectivity index (χ2v) is 4.49. The molecule has 1 unspecified atom stereocenters. The molecule has 0 heterocycles. The number of benzene rings is 1. The van der Waals surface area contributed by atoms with Gasteiger partial charge in [-0.05, 0) is 12.5 Å². The van der Waals surface area contributed by atoms with Crippen molar-refractivity contribution in [3.05, 3.63) is 35.9 Å². The van der Waals surface area contributed by atoms with Crippen LogP contribution in [0.25, 0.3) is 0 Å². The molecule has 5 nitrogen and oxygen atoms in total. The van der Waals surface area contributed by atoms with Gasteiger partial charge in [-0.25, -0.2) is 4.79 Å². The third-order valence-electron chi connectivity index (χ3n) is 2.77. The summed E-state index contributed by atoms with van der Waals surface area (Å²) in [6, 6.07) is 8.18. The Labute approximate surface area is 125 Å². The SMILES string of the molecule is CCOC(=O)C(NCc1ccccc1)(NC(C)=O)C(F)(F)F. The highest BCUT2D eigenvalue weighted by Crippen LogP contribution is 2.30. The Hall–Kier alpha value is -2.09. The van der Waals surface area contributed by atoms with E-state index in [-0.39, 0.29) is 13.2 Å². The average molecular weight is 318 g/mol.